The zero-order valence-corrected chi connectivity index (χ0v) is 16.9. The zero-order chi connectivity index (χ0) is 20.2. The molecule has 0 unspecified atom stereocenters. The fourth-order valence-electron chi connectivity index (χ4n) is 2.94. The van der Waals surface area contributed by atoms with Crippen LogP contribution in [0.25, 0.3) is 0 Å². The van der Waals surface area contributed by atoms with Gasteiger partial charge in [-0.05, 0) is 35.9 Å². The molecule has 0 saturated heterocycles. The van der Waals surface area contributed by atoms with E-state index in [9.17, 15) is 4.79 Å². The second-order valence-electron chi connectivity index (χ2n) is 6.36. The zero-order valence-electron chi connectivity index (χ0n) is 15.3. The van der Waals surface area contributed by atoms with Crippen LogP contribution in [0.4, 0.5) is 33.5 Å². The number of aromatic nitrogens is 2. The Kier molecular flexibility index (Phi) is 5.39. The Morgan fingerprint density at radius 1 is 1.07 bits per heavy atom. The largest absolute Gasteiger partial charge is 0.382 e. The molecule has 8 nitrogen and oxygen atoms in total. The molecule has 2 heterocycles. The highest BCUT2D eigenvalue weighted by molar-refractivity contribution is 9.10. The SMILES string of the molecule is Nc1ncnc2c1N=C(c1ccc(NC(=O)Nc3cccc(Br)c3)cc1)CCN2. The number of nitrogen functional groups attached to an aromatic ring is 1. The lowest BCUT2D eigenvalue weighted by molar-refractivity contribution is 0.262. The summed E-state index contributed by atoms with van der Waals surface area (Å²) in [5.41, 5.74) is 9.70. The summed E-state index contributed by atoms with van der Waals surface area (Å²) in [6, 6.07) is 14.6. The standard InChI is InChI=1S/C20H18BrN7O/c21-13-2-1-3-15(10-13)27-20(29)26-14-6-4-12(5-7-14)16-8-9-23-19-17(28-16)18(22)24-11-25-19/h1-7,10-11H,8-9H2,(H2,26,27,29)(H3,22,23,24,25). The van der Waals surface area contributed by atoms with Crippen molar-refractivity contribution in [1.82, 2.24) is 9.97 Å². The van der Waals surface area contributed by atoms with Crippen LogP contribution in [0.15, 0.2) is 64.3 Å². The number of hydrogen-bond donors (Lipinski definition) is 4. The summed E-state index contributed by atoms with van der Waals surface area (Å²) < 4.78 is 0.894. The first-order chi connectivity index (χ1) is 14.1. The molecule has 3 aromatic rings. The number of anilines is 4. The van der Waals surface area contributed by atoms with E-state index in [4.69, 9.17) is 5.73 Å². The van der Waals surface area contributed by atoms with Crippen molar-refractivity contribution in [3.8, 4) is 0 Å². The molecule has 2 amide bonds. The molecule has 29 heavy (non-hydrogen) atoms. The monoisotopic (exact) mass is 451 g/mol. The minimum absolute atomic E-state index is 0.314. The number of nitrogens with zero attached hydrogens (tertiary/aromatic N) is 3. The van der Waals surface area contributed by atoms with Gasteiger partial charge in [-0.2, -0.15) is 0 Å². The molecule has 0 bridgehead atoms. The van der Waals surface area contributed by atoms with Crippen LogP contribution in [-0.4, -0.2) is 28.3 Å². The molecule has 1 aliphatic heterocycles. The average molecular weight is 452 g/mol. The molecule has 4 rings (SSSR count). The Labute approximate surface area is 175 Å². The Morgan fingerprint density at radius 2 is 1.86 bits per heavy atom. The molecule has 0 spiro atoms. The van der Waals surface area contributed by atoms with E-state index >= 15 is 0 Å². The van der Waals surface area contributed by atoms with Crippen molar-refractivity contribution in [1.29, 1.82) is 0 Å². The number of carbonyl (C=O) groups is 1. The van der Waals surface area contributed by atoms with Crippen molar-refractivity contribution in [3.05, 3.63) is 64.9 Å². The van der Waals surface area contributed by atoms with Crippen LogP contribution in [0.2, 0.25) is 0 Å². The van der Waals surface area contributed by atoms with Crippen molar-refractivity contribution in [2.24, 2.45) is 4.99 Å². The van der Waals surface area contributed by atoms with Crippen LogP contribution in [0.3, 0.4) is 0 Å². The van der Waals surface area contributed by atoms with E-state index < -0.39 is 0 Å². The maximum atomic E-state index is 12.2. The number of nitrogens with one attached hydrogen (secondary N) is 3. The number of benzene rings is 2. The lowest BCUT2D eigenvalue weighted by Crippen LogP contribution is -2.19. The van der Waals surface area contributed by atoms with Gasteiger partial charge < -0.3 is 21.7 Å². The van der Waals surface area contributed by atoms with E-state index in [1.165, 1.54) is 6.33 Å². The molecule has 146 valence electrons. The molecule has 2 aromatic carbocycles. The third kappa shape index (κ3) is 4.52. The summed E-state index contributed by atoms with van der Waals surface area (Å²) in [5.74, 6) is 0.972. The fraction of sp³-hybridized carbons (Fsp3) is 0.100. The van der Waals surface area contributed by atoms with Crippen LogP contribution in [0.5, 0.6) is 0 Å². The highest BCUT2D eigenvalue weighted by Gasteiger charge is 2.15. The van der Waals surface area contributed by atoms with Crippen molar-refractivity contribution in [3.63, 3.8) is 0 Å². The second kappa shape index (κ2) is 8.27. The van der Waals surface area contributed by atoms with Gasteiger partial charge in [-0.3, -0.25) is 0 Å². The number of carbonyl (C=O) groups excluding carboxylic acids is 1. The van der Waals surface area contributed by atoms with Crippen LogP contribution in [-0.2, 0) is 0 Å². The summed E-state index contributed by atoms with van der Waals surface area (Å²) in [5, 5.41) is 8.83. The van der Waals surface area contributed by atoms with E-state index in [2.05, 4.69) is 46.8 Å². The van der Waals surface area contributed by atoms with Crippen molar-refractivity contribution < 1.29 is 4.79 Å². The Balaban J connectivity index is 1.48. The molecular weight excluding hydrogens is 434 g/mol. The smallest absolute Gasteiger partial charge is 0.323 e. The summed E-state index contributed by atoms with van der Waals surface area (Å²) >= 11 is 3.38. The van der Waals surface area contributed by atoms with E-state index in [0.717, 1.165) is 15.7 Å². The summed E-state index contributed by atoms with van der Waals surface area (Å²) in [6.07, 6.45) is 2.13. The number of hydrogen-bond acceptors (Lipinski definition) is 6. The van der Waals surface area contributed by atoms with Crippen LogP contribution >= 0.6 is 15.9 Å². The van der Waals surface area contributed by atoms with Gasteiger partial charge in [-0.1, -0.05) is 34.1 Å². The minimum atomic E-state index is -0.314. The van der Waals surface area contributed by atoms with E-state index in [1.54, 1.807) is 0 Å². The lowest BCUT2D eigenvalue weighted by Gasteiger charge is -2.09. The third-order valence-electron chi connectivity index (χ3n) is 4.31. The van der Waals surface area contributed by atoms with Crippen LogP contribution in [0.1, 0.15) is 12.0 Å². The average Bonchev–Trinajstić information content (AvgIpc) is 2.92. The first kappa shape index (κ1) is 18.9. The highest BCUT2D eigenvalue weighted by atomic mass is 79.9. The van der Waals surface area contributed by atoms with Gasteiger partial charge in [0.25, 0.3) is 0 Å². The molecule has 0 aliphatic carbocycles. The Morgan fingerprint density at radius 3 is 2.66 bits per heavy atom. The Bertz CT molecular complexity index is 1080. The number of fused-ring (bicyclic) bond motifs is 1. The van der Waals surface area contributed by atoms with Gasteiger partial charge in [0.05, 0.1) is 5.71 Å². The minimum Gasteiger partial charge on any atom is -0.382 e. The van der Waals surface area contributed by atoms with Crippen molar-refractivity contribution in [2.75, 3.05) is 28.2 Å². The summed E-state index contributed by atoms with van der Waals surface area (Å²) in [7, 11) is 0. The molecule has 0 saturated carbocycles. The molecule has 0 atom stereocenters. The number of nitrogens with two attached hydrogens (primary N) is 1. The van der Waals surface area contributed by atoms with Crippen molar-refractivity contribution in [2.45, 2.75) is 6.42 Å². The molecular formula is C20H18BrN7O. The number of urea groups is 1. The van der Waals surface area contributed by atoms with E-state index in [1.807, 2.05) is 48.5 Å². The number of amides is 2. The molecule has 5 N–H and O–H groups in total. The van der Waals surface area contributed by atoms with Gasteiger partial charge in [0.15, 0.2) is 11.6 Å². The van der Waals surface area contributed by atoms with Crippen molar-refractivity contribution >= 4 is 56.4 Å². The number of halogens is 1. The van der Waals surface area contributed by atoms with Crippen LogP contribution in [0, 0.1) is 0 Å². The molecule has 0 radical (unpaired) electrons. The Hall–Kier alpha value is -3.46. The first-order valence-electron chi connectivity index (χ1n) is 8.94. The predicted molar refractivity (Wildman–Crippen MR) is 119 cm³/mol. The van der Waals surface area contributed by atoms with E-state index in [0.29, 0.717) is 41.7 Å². The lowest BCUT2D eigenvalue weighted by atomic mass is 10.1. The second-order valence-corrected chi connectivity index (χ2v) is 7.27. The maximum Gasteiger partial charge on any atom is 0.323 e. The van der Waals surface area contributed by atoms with Gasteiger partial charge in [0, 0.05) is 28.8 Å². The predicted octanol–water partition coefficient (Wildman–Crippen LogP) is 4.40. The number of rotatable bonds is 3. The number of aliphatic imine (C=N–C) groups is 1. The maximum absolute atomic E-state index is 12.2. The topological polar surface area (TPSA) is 117 Å². The molecule has 0 fully saturated rings. The van der Waals surface area contributed by atoms with E-state index in [-0.39, 0.29) is 6.03 Å². The van der Waals surface area contributed by atoms with Gasteiger partial charge in [-0.15, -0.1) is 0 Å². The highest BCUT2D eigenvalue weighted by Crippen LogP contribution is 2.30. The fourth-order valence-corrected chi connectivity index (χ4v) is 3.34. The molecule has 9 heteroatoms. The summed E-state index contributed by atoms with van der Waals surface area (Å²) in [4.78, 5) is 25.1. The van der Waals surface area contributed by atoms with Gasteiger partial charge in [0.2, 0.25) is 0 Å². The summed E-state index contributed by atoms with van der Waals surface area (Å²) in [6.45, 7) is 0.692. The normalized spacial score (nSPS) is 12.8. The van der Waals surface area contributed by atoms with Gasteiger partial charge in [-0.25, -0.2) is 19.8 Å². The first-order valence-corrected chi connectivity index (χ1v) is 9.74. The quantitative estimate of drug-likeness (QED) is 0.470. The van der Waals surface area contributed by atoms with Gasteiger partial charge in [0.1, 0.15) is 12.0 Å². The molecule has 1 aromatic heterocycles. The van der Waals surface area contributed by atoms with Crippen LogP contribution < -0.4 is 21.7 Å². The third-order valence-corrected chi connectivity index (χ3v) is 4.80. The molecule has 1 aliphatic rings. The van der Waals surface area contributed by atoms with Gasteiger partial charge >= 0.3 is 6.03 Å².